The largest absolute Gasteiger partial charge is 0.382 e. The van der Waals surface area contributed by atoms with Gasteiger partial charge in [-0.1, -0.05) is 0 Å². The molecule has 0 spiro atoms. The van der Waals surface area contributed by atoms with Gasteiger partial charge in [-0.25, -0.2) is 0 Å². The van der Waals surface area contributed by atoms with Crippen LogP contribution in [0.15, 0.2) is 18.2 Å². The van der Waals surface area contributed by atoms with Crippen molar-refractivity contribution in [3.05, 3.63) is 33.9 Å². The highest BCUT2D eigenvalue weighted by Crippen LogP contribution is 2.25. The standard InChI is InChI=1S/C12H17N3O2/c1-8-6-10(4-5-12(8)15(16)17)14-11-3-2-9(13)7-11/h4-6,9,11,14H,2-3,7,13H2,1H3. The van der Waals surface area contributed by atoms with E-state index in [1.165, 1.54) is 0 Å². The Morgan fingerprint density at radius 1 is 1.47 bits per heavy atom. The predicted octanol–water partition coefficient (Wildman–Crippen LogP) is 2.19. The summed E-state index contributed by atoms with van der Waals surface area (Å²) in [6.07, 6.45) is 3.08. The maximum atomic E-state index is 10.7. The second-order valence-corrected chi connectivity index (χ2v) is 4.67. The average molecular weight is 235 g/mol. The van der Waals surface area contributed by atoms with E-state index in [4.69, 9.17) is 5.73 Å². The molecule has 1 aromatic rings. The summed E-state index contributed by atoms with van der Waals surface area (Å²) in [5.74, 6) is 0. The van der Waals surface area contributed by atoms with Crippen molar-refractivity contribution in [3.8, 4) is 0 Å². The van der Waals surface area contributed by atoms with E-state index < -0.39 is 0 Å². The lowest BCUT2D eigenvalue weighted by atomic mass is 10.1. The summed E-state index contributed by atoms with van der Waals surface area (Å²) in [4.78, 5) is 10.3. The van der Waals surface area contributed by atoms with Crippen molar-refractivity contribution in [1.82, 2.24) is 0 Å². The van der Waals surface area contributed by atoms with Crippen LogP contribution in [0.5, 0.6) is 0 Å². The maximum Gasteiger partial charge on any atom is 0.272 e. The number of nitro groups is 1. The molecule has 0 aromatic heterocycles. The average Bonchev–Trinajstić information content (AvgIpc) is 2.63. The molecule has 2 rings (SSSR count). The van der Waals surface area contributed by atoms with Gasteiger partial charge in [0.2, 0.25) is 0 Å². The van der Waals surface area contributed by atoms with Crippen molar-refractivity contribution in [1.29, 1.82) is 0 Å². The van der Waals surface area contributed by atoms with Crippen molar-refractivity contribution >= 4 is 11.4 Å². The number of rotatable bonds is 3. The molecular weight excluding hydrogens is 218 g/mol. The fraction of sp³-hybridized carbons (Fsp3) is 0.500. The van der Waals surface area contributed by atoms with Crippen molar-refractivity contribution in [2.75, 3.05) is 5.32 Å². The number of hydrogen-bond acceptors (Lipinski definition) is 4. The molecule has 1 aromatic carbocycles. The van der Waals surface area contributed by atoms with Gasteiger partial charge in [0.1, 0.15) is 0 Å². The van der Waals surface area contributed by atoms with Crippen LogP contribution >= 0.6 is 0 Å². The molecular formula is C12H17N3O2. The van der Waals surface area contributed by atoms with E-state index in [0.717, 1.165) is 24.9 Å². The first kappa shape index (κ1) is 11.9. The van der Waals surface area contributed by atoms with Crippen molar-refractivity contribution in [3.63, 3.8) is 0 Å². The minimum Gasteiger partial charge on any atom is -0.382 e. The first-order chi connectivity index (χ1) is 8.06. The van der Waals surface area contributed by atoms with Gasteiger partial charge < -0.3 is 11.1 Å². The van der Waals surface area contributed by atoms with Crippen molar-refractivity contribution < 1.29 is 4.92 Å². The van der Waals surface area contributed by atoms with Crippen LogP contribution in [-0.2, 0) is 0 Å². The third-order valence-electron chi connectivity index (χ3n) is 3.24. The normalized spacial score (nSPS) is 23.6. The highest BCUT2D eigenvalue weighted by molar-refractivity contribution is 5.54. The van der Waals surface area contributed by atoms with Gasteiger partial charge in [0.05, 0.1) is 4.92 Å². The van der Waals surface area contributed by atoms with Gasteiger partial charge in [-0.2, -0.15) is 0 Å². The van der Waals surface area contributed by atoms with E-state index >= 15 is 0 Å². The zero-order valence-electron chi connectivity index (χ0n) is 9.85. The smallest absolute Gasteiger partial charge is 0.272 e. The van der Waals surface area contributed by atoms with Crippen molar-refractivity contribution in [2.24, 2.45) is 5.73 Å². The molecule has 1 saturated carbocycles. The Morgan fingerprint density at radius 2 is 2.24 bits per heavy atom. The molecule has 2 atom stereocenters. The van der Waals surface area contributed by atoms with E-state index in [9.17, 15) is 10.1 Å². The van der Waals surface area contributed by atoms with E-state index in [2.05, 4.69) is 5.32 Å². The van der Waals surface area contributed by atoms with Crippen molar-refractivity contribution in [2.45, 2.75) is 38.3 Å². The zero-order chi connectivity index (χ0) is 12.4. The van der Waals surface area contributed by atoms with Crippen LogP contribution in [0.1, 0.15) is 24.8 Å². The summed E-state index contributed by atoms with van der Waals surface area (Å²) in [6.45, 7) is 1.75. The molecule has 0 heterocycles. The quantitative estimate of drug-likeness (QED) is 0.621. The lowest BCUT2D eigenvalue weighted by Crippen LogP contribution is -2.20. The van der Waals surface area contributed by atoms with Gasteiger partial charge in [0.25, 0.3) is 5.69 Å². The van der Waals surface area contributed by atoms with E-state index in [1.54, 1.807) is 19.1 Å². The first-order valence-electron chi connectivity index (χ1n) is 5.83. The topological polar surface area (TPSA) is 81.2 Å². The van der Waals surface area contributed by atoms with Crippen LogP contribution in [0.25, 0.3) is 0 Å². The van der Waals surface area contributed by atoms with Gasteiger partial charge >= 0.3 is 0 Å². The molecule has 1 aliphatic rings. The van der Waals surface area contributed by atoms with Gasteiger partial charge in [-0.05, 0) is 38.3 Å². The monoisotopic (exact) mass is 235 g/mol. The van der Waals surface area contributed by atoms with Crippen LogP contribution < -0.4 is 11.1 Å². The van der Waals surface area contributed by atoms with Gasteiger partial charge in [0, 0.05) is 29.4 Å². The predicted molar refractivity (Wildman–Crippen MR) is 67.1 cm³/mol. The third kappa shape index (κ3) is 2.74. The maximum absolute atomic E-state index is 10.7. The van der Waals surface area contributed by atoms with Gasteiger partial charge in [-0.3, -0.25) is 10.1 Å². The highest BCUT2D eigenvalue weighted by Gasteiger charge is 2.21. The van der Waals surface area contributed by atoms with Crippen LogP contribution in [-0.4, -0.2) is 17.0 Å². The fourth-order valence-corrected chi connectivity index (χ4v) is 2.33. The Labute approximate surface area is 100 Å². The minimum absolute atomic E-state index is 0.165. The van der Waals surface area contributed by atoms with Gasteiger partial charge in [0.15, 0.2) is 0 Å². The molecule has 17 heavy (non-hydrogen) atoms. The minimum atomic E-state index is -0.357. The molecule has 92 valence electrons. The fourth-order valence-electron chi connectivity index (χ4n) is 2.33. The summed E-state index contributed by atoms with van der Waals surface area (Å²) in [5, 5.41) is 14.1. The Kier molecular flexibility index (Phi) is 3.28. The molecule has 3 N–H and O–H groups in total. The molecule has 0 amide bonds. The molecule has 0 saturated heterocycles. The molecule has 1 aliphatic carbocycles. The number of anilines is 1. The molecule has 5 nitrogen and oxygen atoms in total. The summed E-state index contributed by atoms with van der Waals surface area (Å²) >= 11 is 0. The summed E-state index contributed by atoms with van der Waals surface area (Å²) < 4.78 is 0. The first-order valence-corrected chi connectivity index (χ1v) is 5.83. The summed E-state index contributed by atoms with van der Waals surface area (Å²) in [7, 11) is 0. The lowest BCUT2D eigenvalue weighted by Gasteiger charge is -2.14. The number of nitrogens with zero attached hydrogens (tertiary/aromatic N) is 1. The van der Waals surface area contributed by atoms with E-state index in [-0.39, 0.29) is 16.7 Å². The number of aryl methyl sites for hydroxylation is 1. The Bertz CT molecular complexity index is 434. The lowest BCUT2D eigenvalue weighted by molar-refractivity contribution is -0.385. The molecule has 1 fully saturated rings. The number of nitrogens with two attached hydrogens (primary N) is 1. The molecule has 0 bridgehead atoms. The van der Waals surface area contributed by atoms with E-state index in [0.29, 0.717) is 11.6 Å². The third-order valence-corrected chi connectivity index (χ3v) is 3.24. The number of nitro benzene ring substituents is 1. The molecule has 2 unspecified atom stereocenters. The SMILES string of the molecule is Cc1cc(NC2CCC(N)C2)ccc1[N+](=O)[O-]. The zero-order valence-corrected chi connectivity index (χ0v) is 9.85. The summed E-state index contributed by atoms with van der Waals surface area (Å²) in [6, 6.07) is 5.81. The Morgan fingerprint density at radius 3 is 2.76 bits per heavy atom. The van der Waals surface area contributed by atoms with E-state index in [1.807, 2.05) is 6.07 Å². The second-order valence-electron chi connectivity index (χ2n) is 4.67. The molecule has 0 aliphatic heterocycles. The van der Waals surface area contributed by atoms with Crippen LogP contribution in [0, 0.1) is 17.0 Å². The number of hydrogen-bond donors (Lipinski definition) is 2. The molecule has 0 radical (unpaired) electrons. The number of nitrogens with one attached hydrogen (secondary N) is 1. The second kappa shape index (κ2) is 4.71. The summed E-state index contributed by atoms with van der Waals surface area (Å²) in [5.41, 5.74) is 7.63. The van der Waals surface area contributed by atoms with Crippen LogP contribution in [0.3, 0.4) is 0 Å². The molecule has 5 heteroatoms. The van der Waals surface area contributed by atoms with Crippen LogP contribution in [0.4, 0.5) is 11.4 Å². The number of benzene rings is 1. The van der Waals surface area contributed by atoms with Gasteiger partial charge in [-0.15, -0.1) is 0 Å². The highest BCUT2D eigenvalue weighted by atomic mass is 16.6. The Hall–Kier alpha value is -1.62. The Balaban J connectivity index is 2.07. The van der Waals surface area contributed by atoms with Crippen LogP contribution in [0.2, 0.25) is 0 Å².